The molecule has 2 aromatic rings. The molecule has 1 saturated heterocycles. The van der Waals surface area contributed by atoms with Crippen LogP contribution in [-0.2, 0) is 0 Å². The Bertz CT molecular complexity index is 666. The molecule has 21 heavy (non-hydrogen) atoms. The number of pyridine rings is 1. The average molecular weight is 301 g/mol. The molecule has 2 aromatic heterocycles. The molecule has 7 nitrogen and oxygen atoms in total. The van der Waals surface area contributed by atoms with Crippen molar-refractivity contribution in [2.45, 2.75) is 6.92 Å². The number of amidine groups is 2. The number of aromatic nitrogens is 3. The van der Waals surface area contributed by atoms with Crippen LogP contribution in [-0.4, -0.2) is 50.5 Å². The number of anilines is 1. The first-order chi connectivity index (χ1) is 10.1. The Kier molecular flexibility index (Phi) is 3.61. The van der Waals surface area contributed by atoms with Crippen LogP contribution in [0.1, 0.15) is 10.8 Å². The van der Waals surface area contributed by atoms with E-state index in [1.165, 1.54) is 11.5 Å². The van der Waals surface area contributed by atoms with Crippen molar-refractivity contribution in [3.05, 3.63) is 35.4 Å². The van der Waals surface area contributed by atoms with E-state index >= 15 is 0 Å². The third kappa shape index (κ3) is 2.75. The van der Waals surface area contributed by atoms with Crippen LogP contribution < -0.4 is 4.90 Å². The number of rotatable bonds is 2. The Labute approximate surface area is 126 Å². The second kappa shape index (κ2) is 5.57. The standard InChI is InChI=1S/C13H15N7S/c1-9-17-13(21-18-9)12(15)20-6-5-19(8-11(20)14)10-3-2-4-16-7-10/h2-4,7,14-15H,5-6,8H2,1H3. The highest BCUT2D eigenvalue weighted by Gasteiger charge is 2.26. The van der Waals surface area contributed by atoms with Crippen LogP contribution in [0.5, 0.6) is 0 Å². The highest BCUT2D eigenvalue weighted by atomic mass is 32.1. The molecule has 3 rings (SSSR count). The van der Waals surface area contributed by atoms with Crippen molar-refractivity contribution in [1.82, 2.24) is 19.2 Å². The molecule has 0 radical (unpaired) electrons. The zero-order chi connectivity index (χ0) is 14.8. The molecule has 0 aliphatic carbocycles. The molecule has 0 bridgehead atoms. The summed E-state index contributed by atoms with van der Waals surface area (Å²) in [5.41, 5.74) is 1.00. The van der Waals surface area contributed by atoms with Gasteiger partial charge in [0, 0.05) is 19.3 Å². The van der Waals surface area contributed by atoms with E-state index in [0.29, 0.717) is 29.8 Å². The van der Waals surface area contributed by atoms with Crippen molar-refractivity contribution in [2.24, 2.45) is 0 Å². The maximum Gasteiger partial charge on any atom is 0.178 e. The average Bonchev–Trinajstić information content (AvgIpc) is 2.94. The lowest BCUT2D eigenvalue weighted by molar-refractivity contribution is 0.546. The van der Waals surface area contributed by atoms with Crippen LogP contribution in [0.15, 0.2) is 24.5 Å². The lowest BCUT2D eigenvalue weighted by atomic mass is 10.2. The van der Waals surface area contributed by atoms with Gasteiger partial charge < -0.3 is 9.80 Å². The fraction of sp³-hybridized carbons (Fsp3) is 0.308. The molecule has 0 saturated carbocycles. The van der Waals surface area contributed by atoms with E-state index in [1.54, 1.807) is 24.2 Å². The smallest absolute Gasteiger partial charge is 0.178 e. The number of hydrogen-bond donors (Lipinski definition) is 2. The fourth-order valence-corrected chi connectivity index (χ4v) is 2.85. The van der Waals surface area contributed by atoms with Gasteiger partial charge in [-0.1, -0.05) is 0 Å². The summed E-state index contributed by atoms with van der Waals surface area (Å²) >= 11 is 1.20. The van der Waals surface area contributed by atoms with Crippen LogP contribution in [0.4, 0.5) is 5.69 Å². The number of piperazine rings is 1. The maximum absolute atomic E-state index is 8.20. The highest BCUT2D eigenvalue weighted by molar-refractivity contribution is 7.07. The summed E-state index contributed by atoms with van der Waals surface area (Å²) in [6.45, 7) is 3.60. The summed E-state index contributed by atoms with van der Waals surface area (Å²) in [4.78, 5) is 12.1. The van der Waals surface area contributed by atoms with Gasteiger partial charge in [-0.05, 0) is 30.6 Å². The van der Waals surface area contributed by atoms with Crippen LogP contribution in [0.3, 0.4) is 0 Å². The summed E-state index contributed by atoms with van der Waals surface area (Å²) in [6, 6.07) is 3.87. The Morgan fingerprint density at radius 1 is 1.38 bits per heavy atom. The molecular weight excluding hydrogens is 286 g/mol. The van der Waals surface area contributed by atoms with E-state index in [4.69, 9.17) is 10.8 Å². The van der Waals surface area contributed by atoms with Gasteiger partial charge in [0.05, 0.1) is 18.4 Å². The van der Waals surface area contributed by atoms with Gasteiger partial charge in [0.1, 0.15) is 11.7 Å². The predicted octanol–water partition coefficient (Wildman–Crippen LogP) is 1.37. The molecule has 0 unspecified atom stereocenters. The van der Waals surface area contributed by atoms with Gasteiger partial charge in [-0.25, -0.2) is 4.98 Å². The molecule has 0 atom stereocenters. The first kappa shape index (κ1) is 13.6. The third-order valence-electron chi connectivity index (χ3n) is 3.27. The minimum atomic E-state index is 0.261. The summed E-state index contributed by atoms with van der Waals surface area (Å²) in [6.07, 6.45) is 3.53. The topological polar surface area (TPSA) is 92.9 Å². The van der Waals surface area contributed by atoms with Gasteiger partial charge in [0.2, 0.25) is 0 Å². The molecule has 1 aliphatic heterocycles. The lowest BCUT2D eigenvalue weighted by Gasteiger charge is -2.36. The van der Waals surface area contributed by atoms with Crippen LogP contribution in [0.2, 0.25) is 0 Å². The van der Waals surface area contributed by atoms with Crippen molar-refractivity contribution in [3.8, 4) is 0 Å². The summed E-state index contributed by atoms with van der Waals surface area (Å²) < 4.78 is 4.09. The molecule has 0 aromatic carbocycles. The fourth-order valence-electron chi connectivity index (χ4n) is 2.22. The molecule has 0 spiro atoms. The van der Waals surface area contributed by atoms with Gasteiger partial charge >= 0.3 is 0 Å². The second-order valence-electron chi connectivity index (χ2n) is 4.73. The summed E-state index contributed by atoms with van der Waals surface area (Å²) in [5.74, 6) is 1.32. The number of nitrogens with zero attached hydrogens (tertiary/aromatic N) is 5. The second-order valence-corrected chi connectivity index (χ2v) is 5.48. The van der Waals surface area contributed by atoms with Crippen molar-refractivity contribution in [2.75, 3.05) is 24.5 Å². The van der Waals surface area contributed by atoms with E-state index in [9.17, 15) is 0 Å². The van der Waals surface area contributed by atoms with E-state index in [2.05, 4.69) is 19.2 Å². The van der Waals surface area contributed by atoms with E-state index in [1.807, 2.05) is 12.1 Å². The molecule has 0 amide bonds. The Morgan fingerprint density at radius 3 is 2.86 bits per heavy atom. The SMILES string of the molecule is Cc1nsc(C(=N)N2CCN(c3cccnc3)CC2=N)n1. The minimum absolute atomic E-state index is 0.261. The normalized spacial score (nSPS) is 15.4. The number of aryl methyl sites for hydroxylation is 1. The van der Waals surface area contributed by atoms with Gasteiger partial charge in [-0.15, -0.1) is 0 Å². The zero-order valence-corrected chi connectivity index (χ0v) is 12.4. The number of hydrogen-bond acceptors (Lipinski definition) is 7. The van der Waals surface area contributed by atoms with Crippen molar-refractivity contribution in [1.29, 1.82) is 10.8 Å². The van der Waals surface area contributed by atoms with Crippen molar-refractivity contribution in [3.63, 3.8) is 0 Å². The van der Waals surface area contributed by atoms with E-state index < -0.39 is 0 Å². The monoisotopic (exact) mass is 301 g/mol. The van der Waals surface area contributed by atoms with E-state index in [0.717, 1.165) is 12.2 Å². The summed E-state index contributed by atoms with van der Waals surface area (Å²) in [5, 5.41) is 17.0. The minimum Gasteiger partial charge on any atom is -0.361 e. The first-order valence-corrected chi connectivity index (χ1v) is 7.31. The van der Waals surface area contributed by atoms with E-state index in [-0.39, 0.29) is 5.84 Å². The van der Waals surface area contributed by atoms with Crippen LogP contribution in [0.25, 0.3) is 0 Å². The molecule has 2 N–H and O–H groups in total. The van der Waals surface area contributed by atoms with Gasteiger partial charge in [0.15, 0.2) is 10.8 Å². The third-order valence-corrected chi connectivity index (χ3v) is 4.08. The molecule has 1 aliphatic rings. The molecule has 3 heterocycles. The Morgan fingerprint density at radius 2 is 2.24 bits per heavy atom. The van der Waals surface area contributed by atoms with Crippen LogP contribution >= 0.6 is 11.5 Å². The zero-order valence-electron chi connectivity index (χ0n) is 11.6. The predicted molar refractivity (Wildman–Crippen MR) is 82.4 cm³/mol. The van der Waals surface area contributed by atoms with Crippen molar-refractivity contribution < 1.29 is 0 Å². The Balaban J connectivity index is 1.72. The van der Waals surface area contributed by atoms with Gasteiger partial charge in [0.25, 0.3) is 0 Å². The lowest BCUT2D eigenvalue weighted by Crippen LogP contribution is -2.52. The molecule has 8 heteroatoms. The Hall–Kier alpha value is -2.35. The maximum atomic E-state index is 8.20. The van der Waals surface area contributed by atoms with Gasteiger partial charge in [-0.3, -0.25) is 15.8 Å². The highest BCUT2D eigenvalue weighted by Crippen LogP contribution is 2.17. The largest absolute Gasteiger partial charge is 0.361 e. The quantitative estimate of drug-likeness (QED) is 0.645. The first-order valence-electron chi connectivity index (χ1n) is 6.54. The molecule has 108 valence electrons. The molecule has 1 fully saturated rings. The van der Waals surface area contributed by atoms with Gasteiger partial charge in [-0.2, -0.15) is 4.37 Å². The molecular formula is C13H15N7S. The van der Waals surface area contributed by atoms with Crippen LogP contribution in [0, 0.1) is 17.7 Å². The number of nitrogens with one attached hydrogen (secondary N) is 2. The summed E-state index contributed by atoms with van der Waals surface area (Å²) in [7, 11) is 0. The van der Waals surface area contributed by atoms with Crippen molar-refractivity contribution >= 4 is 28.9 Å².